The Morgan fingerprint density at radius 2 is 1.86 bits per heavy atom. The van der Waals surface area contributed by atoms with Gasteiger partial charge in [-0.15, -0.1) is 0 Å². The third-order valence-corrected chi connectivity index (χ3v) is 3.64. The van der Waals surface area contributed by atoms with Gasteiger partial charge in [-0.05, 0) is 46.3 Å². The molecule has 0 saturated heterocycles. The molecule has 21 heavy (non-hydrogen) atoms. The molecule has 104 valence electrons. The van der Waals surface area contributed by atoms with Gasteiger partial charge < -0.3 is 9.84 Å². The van der Waals surface area contributed by atoms with E-state index in [-0.39, 0.29) is 5.56 Å². The number of aromatic nitrogens is 1. The summed E-state index contributed by atoms with van der Waals surface area (Å²) in [6.07, 6.45) is 0. The summed E-state index contributed by atoms with van der Waals surface area (Å²) in [7, 11) is 0. The number of carboxylic acid groups (broad SMARTS) is 1. The molecule has 0 radical (unpaired) electrons. The molecule has 0 spiro atoms. The summed E-state index contributed by atoms with van der Waals surface area (Å²) in [4.78, 5) is 15.5. The molecule has 0 bridgehead atoms. The molecule has 3 rings (SSSR count). The van der Waals surface area contributed by atoms with Crippen molar-refractivity contribution in [3.8, 4) is 11.6 Å². The Hall–Kier alpha value is -2.40. The molecular formula is C16H10BrNO3. The zero-order valence-corrected chi connectivity index (χ0v) is 12.4. The molecule has 1 aromatic heterocycles. The predicted molar refractivity (Wildman–Crippen MR) is 82.9 cm³/mol. The molecule has 0 unspecified atom stereocenters. The predicted octanol–water partition coefficient (Wildman–Crippen LogP) is 4.49. The molecule has 1 heterocycles. The highest BCUT2D eigenvalue weighted by Gasteiger charge is 2.10. The highest BCUT2D eigenvalue weighted by Crippen LogP contribution is 2.29. The van der Waals surface area contributed by atoms with E-state index in [4.69, 9.17) is 9.84 Å². The first-order valence-corrected chi connectivity index (χ1v) is 7.00. The van der Waals surface area contributed by atoms with Crippen molar-refractivity contribution in [3.63, 3.8) is 0 Å². The van der Waals surface area contributed by atoms with Gasteiger partial charge in [-0.3, -0.25) is 0 Å². The summed E-state index contributed by atoms with van der Waals surface area (Å²) in [5.41, 5.74) is 0.812. The number of hydrogen-bond acceptors (Lipinski definition) is 3. The number of aromatic carboxylic acids is 1. The molecule has 1 N–H and O–H groups in total. The van der Waals surface area contributed by atoms with Crippen molar-refractivity contribution in [2.24, 2.45) is 0 Å². The van der Waals surface area contributed by atoms with E-state index in [2.05, 4.69) is 20.9 Å². The number of rotatable bonds is 3. The van der Waals surface area contributed by atoms with Crippen LogP contribution in [0.25, 0.3) is 10.9 Å². The fourth-order valence-electron chi connectivity index (χ4n) is 2.02. The zero-order chi connectivity index (χ0) is 14.8. The highest BCUT2D eigenvalue weighted by atomic mass is 79.9. The van der Waals surface area contributed by atoms with E-state index in [0.29, 0.717) is 22.5 Å². The summed E-state index contributed by atoms with van der Waals surface area (Å²) in [5.74, 6) is 0.0950. The fraction of sp³-hybridized carbons (Fsp3) is 0. The summed E-state index contributed by atoms with van der Waals surface area (Å²) in [6.45, 7) is 0. The summed E-state index contributed by atoms with van der Waals surface area (Å²) in [6, 6.07) is 15.8. The summed E-state index contributed by atoms with van der Waals surface area (Å²) < 4.78 is 6.54. The molecule has 0 aliphatic carbocycles. The topological polar surface area (TPSA) is 59.4 Å². The lowest BCUT2D eigenvalue weighted by Gasteiger charge is -2.08. The standard InChI is InChI=1S/C16H10BrNO3/c17-12-5-1-2-7-14(12)21-15-9-8-10-11(16(19)20)4-3-6-13(10)18-15/h1-9H,(H,19,20). The fourth-order valence-corrected chi connectivity index (χ4v) is 2.39. The van der Waals surface area contributed by atoms with Crippen LogP contribution in [0.5, 0.6) is 11.6 Å². The van der Waals surface area contributed by atoms with Gasteiger partial charge in [-0.1, -0.05) is 18.2 Å². The molecule has 2 aromatic carbocycles. The molecule has 0 saturated carbocycles. The number of ether oxygens (including phenoxy) is 1. The SMILES string of the molecule is O=C(O)c1cccc2nc(Oc3ccccc3Br)ccc12. The van der Waals surface area contributed by atoms with Crippen molar-refractivity contribution in [1.82, 2.24) is 4.98 Å². The van der Waals surface area contributed by atoms with E-state index in [9.17, 15) is 4.79 Å². The largest absolute Gasteiger partial charge is 0.478 e. The molecule has 4 nitrogen and oxygen atoms in total. The van der Waals surface area contributed by atoms with Gasteiger partial charge in [0.05, 0.1) is 15.6 Å². The molecule has 3 aromatic rings. The Labute approximate surface area is 129 Å². The summed E-state index contributed by atoms with van der Waals surface area (Å²) in [5, 5.41) is 9.75. The Morgan fingerprint density at radius 1 is 1.05 bits per heavy atom. The number of para-hydroxylation sites is 1. The van der Waals surface area contributed by atoms with Gasteiger partial charge in [0.15, 0.2) is 0 Å². The maximum atomic E-state index is 11.2. The second-order valence-electron chi connectivity index (χ2n) is 4.36. The number of benzene rings is 2. The summed E-state index contributed by atoms with van der Waals surface area (Å²) >= 11 is 3.40. The molecule has 0 amide bonds. The first-order chi connectivity index (χ1) is 10.1. The lowest BCUT2D eigenvalue weighted by molar-refractivity contribution is 0.0699. The van der Waals surface area contributed by atoms with Gasteiger partial charge in [0, 0.05) is 11.5 Å². The number of hydrogen-bond donors (Lipinski definition) is 1. The maximum Gasteiger partial charge on any atom is 0.336 e. The molecule has 5 heteroatoms. The smallest absolute Gasteiger partial charge is 0.336 e. The van der Waals surface area contributed by atoms with Gasteiger partial charge >= 0.3 is 5.97 Å². The van der Waals surface area contributed by atoms with E-state index in [1.807, 2.05) is 24.3 Å². The van der Waals surface area contributed by atoms with E-state index < -0.39 is 5.97 Å². The maximum absolute atomic E-state index is 11.2. The normalized spacial score (nSPS) is 10.5. The minimum absolute atomic E-state index is 0.229. The second kappa shape index (κ2) is 5.54. The molecule has 0 aliphatic rings. The Kier molecular flexibility index (Phi) is 3.58. The number of pyridine rings is 1. The average Bonchev–Trinajstić information content (AvgIpc) is 2.48. The minimum atomic E-state index is -0.970. The van der Waals surface area contributed by atoms with Gasteiger partial charge in [0.25, 0.3) is 0 Å². The van der Waals surface area contributed by atoms with Crippen LogP contribution in [0.1, 0.15) is 10.4 Å². The van der Waals surface area contributed by atoms with Crippen molar-refractivity contribution in [2.45, 2.75) is 0 Å². The first kappa shape index (κ1) is 13.6. The average molecular weight is 344 g/mol. The van der Waals surface area contributed by atoms with Crippen LogP contribution < -0.4 is 4.74 Å². The molecule has 0 fully saturated rings. The van der Waals surface area contributed by atoms with Crippen molar-refractivity contribution >= 4 is 32.8 Å². The van der Waals surface area contributed by atoms with E-state index >= 15 is 0 Å². The number of carboxylic acids is 1. The zero-order valence-electron chi connectivity index (χ0n) is 10.8. The van der Waals surface area contributed by atoms with E-state index in [1.165, 1.54) is 0 Å². The van der Waals surface area contributed by atoms with Gasteiger partial charge in [0.1, 0.15) is 5.75 Å². The van der Waals surface area contributed by atoms with Gasteiger partial charge in [-0.2, -0.15) is 0 Å². The third-order valence-electron chi connectivity index (χ3n) is 2.99. The van der Waals surface area contributed by atoms with Crippen LogP contribution in [-0.4, -0.2) is 16.1 Å². The van der Waals surface area contributed by atoms with Crippen molar-refractivity contribution in [2.75, 3.05) is 0 Å². The quantitative estimate of drug-likeness (QED) is 0.761. The van der Waals surface area contributed by atoms with Gasteiger partial charge in [0.2, 0.25) is 5.88 Å². The number of halogens is 1. The number of fused-ring (bicyclic) bond motifs is 1. The van der Waals surface area contributed by atoms with Crippen LogP contribution in [0, 0.1) is 0 Å². The number of carbonyl (C=O) groups is 1. The first-order valence-electron chi connectivity index (χ1n) is 6.20. The monoisotopic (exact) mass is 343 g/mol. The molecule has 0 atom stereocenters. The Bertz CT molecular complexity index is 833. The van der Waals surface area contributed by atoms with Crippen molar-refractivity contribution in [3.05, 3.63) is 64.6 Å². The van der Waals surface area contributed by atoms with Crippen molar-refractivity contribution < 1.29 is 14.6 Å². The van der Waals surface area contributed by atoms with Crippen LogP contribution in [0.2, 0.25) is 0 Å². The van der Waals surface area contributed by atoms with E-state index in [1.54, 1.807) is 30.3 Å². The lowest BCUT2D eigenvalue weighted by atomic mass is 10.1. The Balaban J connectivity index is 2.03. The van der Waals surface area contributed by atoms with Crippen LogP contribution in [0.3, 0.4) is 0 Å². The van der Waals surface area contributed by atoms with Crippen LogP contribution >= 0.6 is 15.9 Å². The third kappa shape index (κ3) is 2.73. The minimum Gasteiger partial charge on any atom is -0.478 e. The second-order valence-corrected chi connectivity index (χ2v) is 5.21. The van der Waals surface area contributed by atoms with Crippen LogP contribution in [0.15, 0.2) is 59.1 Å². The van der Waals surface area contributed by atoms with E-state index in [0.717, 1.165) is 4.47 Å². The molecular weight excluding hydrogens is 334 g/mol. The van der Waals surface area contributed by atoms with Gasteiger partial charge in [-0.25, -0.2) is 9.78 Å². The highest BCUT2D eigenvalue weighted by molar-refractivity contribution is 9.10. The molecule has 0 aliphatic heterocycles. The van der Waals surface area contributed by atoms with Crippen molar-refractivity contribution in [1.29, 1.82) is 0 Å². The Morgan fingerprint density at radius 3 is 2.62 bits per heavy atom. The van der Waals surface area contributed by atoms with Crippen LogP contribution in [0.4, 0.5) is 0 Å². The van der Waals surface area contributed by atoms with Crippen LogP contribution in [-0.2, 0) is 0 Å². The number of nitrogens with zero attached hydrogens (tertiary/aromatic N) is 1. The lowest BCUT2D eigenvalue weighted by Crippen LogP contribution is -1.98.